The number of hydrogen-bond acceptors (Lipinski definition) is 3. The predicted octanol–water partition coefficient (Wildman–Crippen LogP) is 3.51. The highest BCUT2D eigenvalue weighted by molar-refractivity contribution is 14.1. The van der Waals surface area contributed by atoms with E-state index in [9.17, 15) is 0 Å². The van der Waals surface area contributed by atoms with Crippen LogP contribution in [-0.4, -0.2) is 15.2 Å². The van der Waals surface area contributed by atoms with Gasteiger partial charge in [0, 0.05) is 11.4 Å². The van der Waals surface area contributed by atoms with Crippen molar-refractivity contribution in [3.63, 3.8) is 0 Å². The first-order valence-corrected chi connectivity index (χ1v) is 6.94. The molecule has 1 aliphatic rings. The molecule has 0 aromatic carbocycles. The fraction of sp³-hybridized carbons (Fsp3) is 0.600. The van der Waals surface area contributed by atoms with E-state index in [1.807, 2.05) is 18.0 Å². The summed E-state index contributed by atoms with van der Waals surface area (Å²) in [5, 5.41) is 1.94. The lowest BCUT2D eigenvalue weighted by molar-refractivity contribution is 0.515. The fourth-order valence-electron chi connectivity index (χ4n) is 1.73. The van der Waals surface area contributed by atoms with Gasteiger partial charge in [0.25, 0.3) is 0 Å². The molecule has 1 aliphatic carbocycles. The zero-order valence-corrected chi connectivity index (χ0v) is 10.9. The third kappa shape index (κ3) is 2.82. The van der Waals surface area contributed by atoms with E-state index in [4.69, 9.17) is 0 Å². The summed E-state index contributed by atoms with van der Waals surface area (Å²) in [5.74, 6) is 0. The second-order valence-electron chi connectivity index (χ2n) is 3.55. The predicted molar refractivity (Wildman–Crippen MR) is 67.5 cm³/mol. The van der Waals surface area contributed by atoms with Crippen molar-refractivity contribution in [2.75, 3.05) is 0 Å². The van der Waals surface area contributed by atoms with E-state index < -0.39 is 0 Å². The average Bonchev–Trinajstić information content (AvgIpc) is 2.23. The molecule has 14 heavy (non-hydrogen) atoms. The van der Waals surface area contributed by atoms with Gasteiger partial charge in [-0.05, 0) is 35.4 Å². The maximum atomic E-state index is 4.32. The largest absolute Gasteiger partial charge is 0.244 e. The average molecular weight is 320 g/mol. The molecule has 0 spiro atoms. The highest BCUT2D eigenvalue weighted by Crippen LogP contribution is 2.33. The van der Waals surface area contributed by atoms with Crippen LogP contribution < -0.4 is 0 Å². The van der Waals surface area contributed by atoms with Gasteiger partial charge in [-0.1, -0.05) is 19.3 Å². The molecule has 76 valence electrons. The normalized spacial score (nSPS) is 18.4. The minimum Gasteiger partial charge on any atom is -0.244 e. The lowest BCUT2D eigenvalue weighted by atomic mass is 10.0. The highest BCUT2D eigenvalue weighted by atomic mass is 127. The Balaban J connectivity index is 1.99. The Hall–Kier alpha value is 0.160. The summed E-state index contributed by atoms with van der Waals surface area (Å²) in [4.78, 5) is 8.32. The maximum absolute atomic E-state index is 4.32. The number of rotatable bonds is 2. The molecule has 4 heteroatoms. The monoisotopic (exact) mass is 320 g/mol. The molecule has 1 aromatic heterocycles. The van der Waals surface area contributed by atoms with Crippen molar-refractivity contribution in [2.24, 2.45) is 0 Å². The van der Waals surface area contributed by atoms with E-state index in [1.165, 1.54) is 35.7 Å². The van der Waals surface area contributed by atoms with Crippen LogP contribution in [0.1, 0.15) is 32.1 Å². The Labute approximate surface area is 102 Å². The first-order chi connectivity index (χ1) is 6.86. The van der Waals surface area contributed by atoms with Crippen molar-refractivity contribution in [1.82, 2.24) is 9.97 Å². The van der Waals surface area contributed by atoms with Gasteiger partial charge in [-0.3, -0.25) is 0 Å². The van der Waals surface area contributed by atoms with Crippen molar-refractivity contribution in [1.29, 1.82) is 0 Å². The second kappa shape index (κ2) is 5.30. The molecule has 0 unspecified atom stereocenters. The molecule has 1 fully saturated rings. The van der Waals surface area contributed by atoms with Gasteiger partial charge < -0.3 is 0 Å². The van der Waals surface area contributed by atoms with Crippen LogP contribution in [0.25, 0.3) is 0 Å². The SMILES string of the molecule is Ic1cncnc1SC1CCCCC1. The van der Waals surface area contributed by atoms with Gasteiger partial charge in [0.15, 0.2) is 0 Å². The summed E-state index contributed by atoms with van der Waals surface area (Å²) in [6.07, 6.45) is 10.4. The topological polar surface area (TPSA) is 25.8 Å². The van der Waals surface area contributed by atoms with Crippen LogP contribution in [0.5, 0.6) is 0 Å². The smallest absolute Gasteiger partial charge is 0.116 e. The van der Waals surface area contributed by atoms with Crippen LogP contribution in [0.3, 0.4) is 0 Å². The van der Waals surface area contributed by atoms with Gasteiger partial charge in [-0.2, -0.15) is 0 Å². The van der Waals surface area contributed by atoms with Gasteiger partial charge in [-0.25, -0.2) is 9.97 Å². The third-order valence-corrected chi connectivity index (χ3v) is 4.97. The van der Waals surface area contributed by atoms with Crippen LogP contribution in [0.2, 0.25) is 0 Å². The number of aromatic nitrogens is 2. The summed E-state index contributed by atoms with van der Waals surface area (Å²) in [5.41, 5.74) is 0. The second-order valence-corrected chi connectivity index (χ2v) is 6.00. The molecular weight excluding hydrogens is 307 g/mol. The molecule has 0 amide bonds. The summed E-state index contributed by atoms with van der Waals surface area (Å²) in [6, 6.07) is 0. The van der Waals surface area contributed by atoms with Crippen molar-refractivity contribution < 1.29 is 0 Å². The Bertz CT molecular complexity index is 300. The number of thioether (sulfide) groups is 1. The fourth-order valence-corrected chi connectivity index (χ4v) is 3.57. The molecule has 0 aliphatic heterocycles. The highest BCUT2D eigenvalue weighted by Gasteiger charge is 2.16. The van der Waals surface area contributed by atoms with E-state index in [1.54, 1.807) is 6.33 Å². The van der Waals surface area contributed by atoms with Crippen LogP contribution in [0.15, 0.2) is 17.6 Å². The maximum Gasteiger partial charge on any atom is 0.116 e. The van der Waals surface area contributed by atoms with Crippen LogP contribution in [-0.2, 0) is 0 Å². The number of halogens is 1. The molecular formula is C10H13IN2S. The molecule has 0 N–H and O–H groups in total. The van der Waals surface area contributed by atoms with Gasteiger partial charge in [0.2, 0.25) is 0 Å². The van der Waals surface area contributed by atoms with Crippen molar-refractivity contribution in [3.8, 4) is 0 Å². The third-order valence-electron chi connectivity index (χ3n) is 2.46. The molecule has 1 heterocycles. The van der Waals surface area contributed by atoms with Crippen molar-refractivity contribution >= 4 is 34.4 Å². The van der Waals surface area contributed by atoms with E-state index in [0.717, 1.165) is 10.3 Å². The number of nitrogens with zero attached hydrogens (tertiary/aromatic N) is 2. The standard InChI is InChI=1S/C10H13IN2S/c11-9-6-12-7-13-10(9)14-8-4-2-1-3-5-8/h6-8H,1-5H2. The van der Waals surface area contributed by atoms with Crippen molar-refractivity contribution in [2.45, 2.75) is 42.4 Å². The summed E-state index contributed by atoms with van der Waals surface area (Å²) < 4.78 is 1.18. The van der Waals surface area contributed by atoms with Crippen LogP contribution in [0, 0.1) is 3.57 Å². The van der Waals surface area contributed by atoms with Gasteiger partial charge in [0.05, 0.1) is 3.57 Å². The Kier molecular flexibility index (Phi) is 4.04. The molecule has 2 nitrogen and oxygen atoms in total. The first kappa shape index (κ1) is 10.7. The van der Waals surface area contributed by atoms with Gasteiger partial charge >= 0.3 is 0 Å². The quantitative estimate of drug-likeness (QED) is 0.616. The lowest BCUT2D eigenvalue weighted by Crippen LogP contribution is -2.08. The minimum absolute atomic E-state index is 0.784. The zero-order valence-electron chi connectivity index (χ0n) is 7.95. The molecule has 2 rings (SSSR count). The van der Waals surface area contributed by atoms with E-state index >= 15 is 0 Å². The summed E-state index contributed by atoms with van der Waals surface area (Å²) >= 11 is 4.24. The zero-order chi connectivity index (χ0) is 9.80. The molecule has 0 atom stereocenters. The van der Waals surface area contributed by atoms with Crippen LogP contribution in [0.4, 0.5) is 0 Å². The minimum atomic E-state index is 0.784. The first-order valence-electron chi connectivity index (χ1n) is 4.98. The molecule has 0 saturated heterocycles. The molecule has 0 bridgehead atoms. The van der Waals surface area contributed by atoms with E-state index in [0.29, 0.717) is 0 Å². The molecule has 1 aromatic rings. The van der Waals surface area contributed by atoms with E-state index in [-0.39, 0.29) is 0 Å². The van der Waals surface area contributed by atoms with E-state index in [2.05, 4.69) is 32.6 Å². The number of hydrogen-bond donors (Lipinski definition) is 0. The molecule has 0 radical (unpaired) electrons. The Morgan fingerprint density at radius 2 is 2.07 bits per heavy atom. The summed E-state index contributed by atoms with van der Waals surface area (Å²) in [7, 11) is 0. The van der Waals surface area contributed by atoms with Gasteiger partial charge in [0.1, 0.15) is 11.4 Å². The Morgan fingerprint density at radius 3 is 2.79 bits per heavy atom. The Morgan fingerprint density at radius 1 is 1.29 bits per heavy atom. The lowest BCUT2D eigenvalue weighted by Gasteiger charge is -2.20. The molecule has 1 saturated carbocycles. The summed E-state index contributed by atoms with van der Waals surface area (Å²) in [6.45, 7) is 0. The van der Waals surface area contributed by atoms with Crippen molar-refractivity contribution in [3.05, 3.63) is 16.1 Å². The van der Waals surface area contributed by atoms with Crippen LogP contribution >= 0.6 is 34.4 Å². The van der Waals surface area contributed by atoms with Gasteiger partial charge in [-0.15, -0.1) is 11.8 Å².